The van der Waals surface area contributed by atoms with Crippen molar-refractivity contribution >= 4 is 18.3 Å². The quantitative estimate of drug-likeness (QED) is 0.731. The van der Waals surface area contributed by atoms with Gasteiger partial charge in [0.1, 0.15) is 0 Å². The molecule has 19 heavy (non-hydrogen) atoms. The van der Waals surface area contributed by atoms with Crippen LogP contribution in [0.15, 0.2) is 0 Å². The molecule has 2 aliphatic rings. The number of likely N-dealkylation sites (tertiary alicyclic amines) is 1. The summed E-state index contributed by atoms with van der Waals surface area (Å²) in [6.45, 7) is 4.67. The Hall–Kier alpha value is -0.280. The SMILES string of the molecule is Cl.O=C(CC1CCCC1)NCCCCN1CCCC1. The van der Waals surface area contributed by atoms with Crippen LogP contribution >= 0.6 is 12.4 Å². The van der Waals surface area contributed by atoms with Crippen LogP contribution in [0, 0.1) is 5.92 Å². The Morgan fingerprint density at radius 1 is 1.05 bits per heavy atom. The van der Waals surface area contributed by atoms with E-state index in [1.807, 2.05) is 0 Å². The molecule has 2 fully saturated rings. The molecule has 1 heterocycles. The lowest BCUT2D eigenvalue weighted by atomic mass is 10.0. The van der Waals surface area contributed by atoms with Crippen LogP contribution in [-0.4, -0.2) is 37.0 Å². The van der Waals surface area contributed by atoms with Gasteiger partial charge in [-0.2, -0.15) is 0 Å². The fourth-order valence-corrected chi connectivity index (χ4v) is 3.24. The van der Waals surface area contributed by atoms with Gasteiger partial charge in [-0.15, -0.1) is 12.4 Å². The molecule has 0 radical (unpaired) electrons. The molecule has 1 aliphatic heterocycles. The number of hydrogen-bond acceptors (Lipinski definition) is 2. The second-order valence-electron chi connectivity index (χ2n) is 5.96. The zero-order valence-electron chi connectivity index (χ0n) is 12.0. The number of carbonyl (C=O) groups is 1. The monoisotopic (exact) mass is 288 g/mol. The molecule has 0 aromatic carbocycles. The molecule has 0 spiro atoms. The molecule has 0 aromatic heterocycles. The van der Waals surface area contributed by atoms with Gasteiger partial charge >= 0.3 is 0 Å². The summed E-state index contributed by atoms with van der Waals surface area (Å²) in [5.41, 5.74) is 0. The van der Waals surface area contributed by atoms with Crippen molar-refractivity contribution in [3.63, 3.8) is 0 Å². The Kier molecular flexibility index (Phi) is 8.47. The van der Waals surface area contributed by atoms with E-state index in [1.54, 1.807) is 0 Å². The maximum atomic E-state index is 11.7. The maximum Gasteiger partial charge on any atom is 0.220 e. The van der Waals surface area contributed by atoms with Crippen LogP contribution in [-0.2, 0) is 4.79 Å². The lowest BCUT2D eigenvalue weighted by Gasteiger charge is -2.14. The number of nitrogens with zero attached hydrogens (tertiary/aromatic N) is 1. The van der Waals surface area contributed by atoms with Gasteiger partial charge in [-0.3, -0.25) is 4.79 Å². The molecule has 0 unspecified atom stereocenters. The number of hydrogen-bond donors (Lipinski definition) is 1. The standard InChI is InChI=1S/C15H28N2O.ClH/c18-15(13-14-7-1-2-8-14)16-9-3-4-10-17-11-5-6-12-17;/h14H,1-13H2,(H,16,18);1H. The molecular weight excluding hydrogens is 260 g/mol. The average Bonchev–Trinajstić information content (AvgIpc) is 3.01. The summed E-state index contributed by atoms with van der Waals surface area (Å²) < 4.78 is 0. The third-order valence-electron chi connectivity index (χ3n) is 4.37. The van der Waals surface area contributed by atoms with E-state index < -0.39 is 0 Å². The van der Waals surface area contributed by atoms with E-state index in [1.165, 1.54) is 64.6 Å². The predicted octanol–water partition coefficient (Wildman–Crippen LogP) is 2.98. The van der Waals surface area contributed by atoms with E-state index in [0.29, 0.717) is 5.92 Å². The van der Waals surface area contributed by atoms with Crippen LogP contribution in [0.25, 0.3) is 0 Å². The molecule has 112 valence electrons. The fraction of sp³-hybridized carbons (Fsp3) is 0.933. The van der Waals surface area contributed by atoms with Crippen LogP contribution < -0.4 is 5.32 Å². The summed E-state index contributed by atoms with van der Waals surface area (Å²) in [6.07, 6.45) is 11.1. The fourth-order valence-electron chi connectivity index (χ4n) is 3.24. The lowest BCUT2D eigenvalue weighted by molar-refractivity contribution is -0.121. The molecule has 2 rings (SSSR count). The molecule has 0 atom stereocenters. The van der Waals surface area contributed by atoms with Gasteiger partial charge in [-0.1, -0.05) is 12.8 Å². The molecular formula is C15H29ClN2O. The van der Waals surface area contributed by atoms with Crippen molar-refractivity contribution in [3.05, 3.63) is 0 Å². The Balaban J connectivity index is 0.00000180. The topological polar surface area (TPSA) is 32.3 Å². The number of unbranched alkanes of at least 4 members (excludes halogenated alkanes) is 1. The molecule has 1 saturated heterocycles. The number of carbonyl (C=O) groups excluding carboxylic acids is 1. The Labute approximate surface area is 123 Å². The largest absolute Gasteiger partial charge is 0.356 e. The van der Waals surface area contributed by atoms with E-state index in [2.05, 4.69) is 10.2 Å². The first-order valence-electron chi connectivity index (χ1n) is 7.83. The summed E-state index contributed by atoms with van der Waals surface area (Å²) in [4.78, 5) is 14.2. The lowest BCUT2D eigenvalue weighted by Crippen LogP contribution is -2.27. The van der Waals surface area contributed by atoms with Crippen molar-refractivity contribution in [3.8, 4) is 0 Å². The number of rotatable bonds is 7. The Morgan fingerprint density at radius 2 is 1.74 bits per heavy atom. The maximum absolute atomic E-state index is 11.7. The highest BCUT2D eigenvalue weighted by molar-refractivity contribution is 5.85. The van der Waals surface area contributed by atoms with E-state index in [4.69, 9.17) is 0 Å². The van der Waals surface area contributed by atoms with Crippen LogP contribution in [0.5, 0.6) is 0 Å². The summed E-state index contributed by atoms with van der Waals surface area (Å²) in [5.74, 6) is 0.956. The third kappa shape index (κ3) is 6.62. The first-order valence-corrected chi connectivity index (χ1v) is 7.83. The molecule has 1 amide bonds. The van der Waals surface area contributed by atoms with Gasteiger partial charge in [0.15, 0.2) is 0 Å². The Bertz CT molecular complexity index is 249. The van der Waals surface area contributed by atoms with Gasteiger partial charge in [-0.05, 0) is 64.1 Å². The highest BCUT2D eigenvalue weighted by Crippen LogP contribution is 2.27. The van der Waals surface area contributed by atoms with Crippen molar-refractivity contribution in [2.75, 3.05) is 26.2 Å². The first-order chi connectivity index (χ1) is 8.84. The second-order valence-corrected chi connectivity index (χ2v) is 5.96. The Morgan fingerprint density at radius 3 is 2.42 bits per heavy atom. The number of halogens is 1. The molecule has 1 saturated carbocycles. The number of nitrogens with one attached hydrogen (secondary N) is 1. The highest BCUT2D eigenvalue weighted by Gasteiger charge is 2.18. The van der Waals surface area contributed by atoms with Gasteiger partial charge in [0.2, 0.25) is 5.91 Å². The van der Waals surface area contributed by atoms with E-state index in [9.17, 15) is 4.79 Å². The predicted molar refractivity (Wildman–Crippen MR) is 81.7 cm³/mol. The van der Waals surface area contributed by atoms with Crippen LogP contribution in [0.3, 0.4) is 0 Å². The van der Waals surface area contributed by atoms with Gasteiger partial charge in [0.25, 0.3) is 0 Å². The van der Waals surface area contributed by atoms with Crippen molar-refractivity contribution in [1.29, 1.82) is 0 Å². The van der Waals surface area contributed by atoms with Crippen molar-refractivity contribution in [2.45, 2.75) is 57.8 Å². The summed E-state index contributed by atoms with van der Waals surface area (Å²) in [7, 11) is 0. The summed E-state index contributed by atoms with van der Waals surface area (Å²) in [5, 5.41) is 3.08. The minimum atomic E-state index is 0. The second kappa shape index (κ2) is 9.60. The first kappa shape index (κ1) is 16.8. The summed E-state index contributed by atoms with van der Waals surface area (Å²) in [6, 6.07) is 0. The summed E-state index contributed by atoms with van der Waals surface area (Å²) >= 11 is 0. The molecule has 1 N–H and O–H groups in total. The molecule has 1 aliphatic carbocycles. The normalized spacial score (nSPS) is 20.4. The third-order valence-corrected chi connectivity index (χ3v) is 4.37. The highest BCUT2D eigenvalue weighted by atomic mass is 35.5. The van der Waals surface area contributed by atoms with Crippen molar-refractivity contribution in [1.82, 2.24) is 10.2 Å². The zero-order valence-corrected chi connectivity index (χ0v) is 12.8. The van der Waals surface area contributed by atoms with E-state index in [0.717, 1.165) is 19.4 Å². The van der Waals surface area contributed by atoms with Gasteiger partial charge in [0, 0.05) is 13.0 Å². The minimum Gasteiger partial charge on any atom is -0.356 e. The van der Waals surface area contributed by atoms with Crippen LogP contribution in [0.1, 0.15) is 57.8 Å². The van der Waals surface area contributed by atoms with E-state index >= 15 is 0 Å². The molecule has 3 nitrogen and oxygen atoms in total. The number of amides is 1. The average molecular weight is 289 g/mol. The molecule has 0 bridgehead atoms. The zero-order chi connectivity index (χ0) is 12.6. The van der Waals surface area contributed by atoms with Crippen molar-refractivity contribution < 1.29 is 4.79 Å². The molecule has 4 heteroatoms. The minimum absolute atomic E-state index is 0. The van der Waals surface area contributed by atoms with Gasteiger partial charge in [-0.25, -0.2) is 0 Å². The smallest absolute Gasteiger partial charge is 0.220 e. The van der Waals surface area contributed by atoms with Crippen LogP contribution in [0.2, 0.25) is 0 Å². The van der Waals surface area contributed by atoms with Gasteiger partial charge in [0.05, 0.1) is 0 Å². The van der Waals surface area contributed by atoms with Gasteiger partial charge < -0.3 is 10.2 Å². The molecule has 0 aromatic rings. The van der Waals surface area contributed by atoms with E-state index in [-0.39, 0.29) is 18.3 Å². The van der Waals surface area contributed by atoms with Crippen LogP contribution in [0.4, 0.5) is 0 Å². The van der Waals surface area contributed by atoms with Crippen molar-refractivity contribution in [2.24, 2.45) is 5.92 Å².